The summed E-state index contributed by atoms with van der Waals surface area (Å²) in [5.41, 5.74) is -0.152. The van der Waals surface area contributed by atoms with Crippen LogP contribution in [0.25, 0.3) is 0 Å². The van der Waals surface area contributed by atoms with Crippen molar-refractivity contribution in [2.75, 3.05) is 48.1 Å². The van der Waals surface area contributed by atoms with Crippen molar-refractivity contribution in [3.63, 3.8) is 0 Å². The predicted molar refractivity (Wildman–Crippen MR) is 123 cm³/mol. The Morgan fingerprint density at radius 3 is 2.39 bits per heavy atom. The van der Waals surface area contributed by atoms with Gasteiger partial charge in [-0.1, -0.05) is 16.8 Å². The fraction of sp³-hybridized carbons (Fsp3) is 0.750. The Labute approximate surface area is 208 Å². The molecule has 0 spiro atoms. The highest BCUT2D eigenvalue weighted by Crippen LogP contribution is 2.71. The van der Waals surface area contributed by atoms with E-state index in [1.807, 2.05) is 0 Å². The molecule has 0 bridgehead atoms. The topological polar surface area (TPSA) is 215 Å². The summed E-state index contributed by atoms with van der Waals surface area (Å²) in [6.07, 6.45) is 0.543. The number of amides is 2. The molecular formula is C16H30N3O14P3+2. The van der Waals surface area contributed by atoms with Crippen LogP contribution in [0.1, 0.15) is 13.3 Å². The molecule has 5 unspecified atom stereocenters. The third kappa shape index (κ3) is 11.6. The molecule has 0 fully saturated rings. The highest BCUT2D eigenvalue weighted by atomic mass is 32.1. The number of ether oxygens (including phenoxy) is 1. The van der Waals surface area contributed by atoms with Crippen molar-refractivity contribution in [3.8, 4) is 0 Å². The van der Waals surface area contributed by atoms with Crippen molar-refractivity contribution in [3.05, 3.63) is 16.7 Å². The first-order chi connectivity index (χ1) is 17.1. The Morgan fingerprint density at radius 1 is 1.25 bits per heavy atom. The summed E-state index contributed by atoms with van der Waals surface area (Å²) in [5, 5.41) is 14.6. The summed E-state index contributed by atoms with van der Waals surface area (Å²) in [6, 6.07) is -1.93. The molecule has 17 nitrogen and oxygen atoms in total. The SMILES string of the molecule is CCC(COC(/C(C=O)=C/N(C)C(=O)NC)[C@H](CO)N=O)CO[P+](=O)OOP(=O)(OC)[P+](=O)OOC. The minimum atomic E-state index is -4.48. The van der Waals surface area contributed by atoms with Crippen LogP contribution >= 0.6 is 23.3 Å². The van der Waals surface area contributed by atoms with E-state index in [-0.39, 0.29) is 18.8 Å². The van der Waals surface area contributed by atoms with E-state index in [9.17, 15) is 33.3 Å². The molecule has 6 atom stereocenters. The molecule has 206 valence electrons. The maximum Gasteiger partial charge on any atom is 0.729 e. The number of rotatable bonds is 20. The molecule has 0 aliphatic carbocycles. The highest BCUT2D eigenvalue weighted by molar-refractivity contribution is 8.21. The zero-order chi connectivity index (χ0) is 27.7. The Balaban J connectivity index is 5.21. The van der Waals surface area contributed by atoms with E-state index in [0.717, 1.165) is 25.3 Å². The van der Waals surface area contributed by atoms with Crippen molar-refractivity contribution in [2.24, 2.45) is 11.1 Å². The standard InChI is InChI=1S/C16H29N3O14P3/c1-6-12(11-30-34(24)32-33-36(26,28-5)35(25)31-27-4)10-29-15(14(9-21)18-23)13(8-20)7-19(3)16(22)17-2/h7-8,12,14-15,21H,6,9-11H2,1-5H3/q+1/p+1/b13-7+/t12?,14-,15?,36?/m0/s1. The molecule has 0 heterocycles. The van der Waals surface area contributed by atoms with Crippen LogP contribution in [0.3, 0.4) is 0 Å². The number of aliphatic hydroxyl groups excluding tert-OH is 1. The van der Waals surface area contributed by atoms with Gasteiger partial charge in [-0.15, -0.1) is 4.52 Å². The van der Waals surface area contributed by atoms with Crippen molar-refractivity contribution in [1.29, 1.82) is 0 Å². The van der Waals surface area contributed by atoms with Crippen LogP contribution in [0.15, 0.2) is 16.9 Å². The zero-order valence-electron chi connectivity index (χ0n) is 20.2. The highest BCUT2D eigenvalue weighted by Gasteiger charge is 2.56. The normalized spacial score (nSPS) is 16.8. The quantitative estimate of drug-likeness (QED) is 0.0528. The van der Waals surface area contributed by atoms with Crippen LogP contribution in [-0.2, 0) is 51.2 Å². The van der Waals surface area contributed by atoms with Crippen LogP contribution < -0.4 is 5.32 Å². The van der Waals surface area contributed by atoms with Crippen molar-refractivity contribution >= 4 is 35.6 Å². The van der Waals surface area contributed by atoms with E-state index >= 15 is 0 Å². The van der Waals surface area contributed by atoms with Gasteiger partial charge in [-0.25, -0.2) is 9.36 Å². The molecule has 0 rings (SSSR count). The lowest BCUT2D eigenvalue weighted by atomic mass is 10.0. The smallest absolute Gasteiger partial charge is 0.394 e. The second-order valence-corrected chi connectivity index (χ2v) is 12.0. The van der Waals surface area contributed by atoms with Gasteiger partial charge in [0.15, 0.2) is 0 Å². The number of nitrogens with zero attached hydrogens (tertiary/aromatic N) is 2. The minimum absolute atomic E-state index is 0.152. The Bertz CT molecular complexity index is 829. The monoisotopic (exact) mass is 581 g/mol. The maximum absolute atomic E-state index is 12.1. The number of carbonyl (C=O) groups excluding carboxylic acids is 2. The third-order valence-corrected chi connectivity index (χ3v) is 8.44. The van der Waals surface area contributed by atoms with Crippen LogP contribution in [0.5, 0.6) is 0 Å². The first-order valence-electron chi connectivity index (χ1n) is 10.0. The number of hydrogen-bond donors (Lipinski definition) is 2. The van der Waals surface area contributed by atoms with E-state index in [0.29, 0.717) is 12.7 Å². The third-order valence-electron chi connectivity index (χ3n) is 4.28. The van der Waals surface area contributed by atoms with Gasteiger partial charge in [0, 0.05) is 48.1 Å². The minimum Gasteiger partial charge on any atom is -0.394 e. The number of hydrogen-bond acceptors (Lipinski definition) is 15. The summed E-state index contributed by atoms with van der Waals surface area (Å²) >= 11 is 0. The maximum atomic E-state index is 12.1. The van der Waals surface area contributed by atoms with E-state index in [1.54, 1.807) is 6.92 Å². The van der Waals surface area contributed by atoms with Gasteiger partial charge in [-0.2, -0.15) is 9.79 Å². The summed E-state index contributed by atoms with van der Waals surface area (Å²) < 4.78 is 63.6. The fourth-order valence-electron chi connectivity index (χ4n) is 2.25. The van der Waals surface area contributed by atoms with Crippen molar-refractivity contribution in [2.45, 2.75) is 25.5 Å². The summed E-state index contributed by atoms with van der Waals surface area (Å²) in [6.45, 7) is 0.536. The molecule has 0 aromatic rings. The fourth-order valence-corrected chi connectivity index (χ4v) is 4.92. The Kier molecular flexibility index (Phi) is 17.8. The molecule has 36 heavy (non-hydrogen) atoms. The first-order valence-corrected chi connectivity index (χ1v) is 14.6. The van der Waals surface area contributed by atoms with Crippen LogP contribution in [0.4, 0.5) is 4.79 Å². The molecule has 0 aliphatic heterocycles. The van der Waals surface area contributed by atoms with E-state index in [1.165, 1.54) is 14.1 Å². The van der Waals surface area contributed by atoms with Gasteiger partial charge < -0.3 is 20.1 Å². The molecule has 0 aliphatic rings. The number of nitrogens with one attached hydrogen (secondary N) is 1. The molecule has 0 radical (unpaired) electrons. The number of urea groups is 1. The largest absolute Gasteiger partial charge is 0.729 e. The number of aldehydes is 1. The molecule has 2 amide bonds. The van der Waals surface area contributed by atoms with Gasteiger partial charge in [-0.3, -0.25) is 9.32 Å². The number of aliphatic hydroxyl groups is 1. The number of carbonyl (C=O) groups is 2. The second kappa shape index (κ2) is 18.6. The van der Waals surface area contributed by atoms with Gasteiger partial charge in [0.05, 0.1) is 25.0 Å². The van der Waals surface area contributed by atoms with Gasteiger partial charge in [0.25, 0.3) is 0 Å². The lowest BCUT2D eigenvalue weighted by Crippen LogP contribution is -2.37. The molecule has 0 aromatic heterocycles. The summed E-state index contributed by atoms with van der Waals surface area (Å²) in [4.78, 5) is 39.7. The van der Waals surface area contributed by atoms with Crippen LogP contribution in [0, 0.1) is 10.8 Å². The lowest BCUT2D eigenvalue weighted by Gasteiger charge is -2.24. The molecule has 0 aromatic carbocycles. The summed E-state index contributed by atoms with van der Waals surface area (Å²) in [5.74, 6) is -0.492. The van der Waals surface area contributed by atoms with Gasteiger partial charge in [-0.05, 0) is 11.0 Å². The molecular weight excluding hydrogens is 551 g/mol. The predicted octanol–water partition coefficient (Wildman–Crippen LogP) is 2.58. The van der Waals surface area contributed by atoms with Crippen molar-refractivity contribution in [1.82, 2.24) is 10.2 Å². The molecule has 0 saturated heterocycles. The first kappa shape index (κ1) is 34.4. The van der Waals surface area contributed by atoms with Crippen molar-refractivity contribution < 1.29 is 61.1 Å². The Morgan fingerprint density at radius 2 is 1.92 bits per heavy atom. The average Bonchev–Trinajstić information content (AvgIpc) is 2.89. The number of nitroso groups, excluding NO2 is 1. The lowest BCUT2D eigenvalue weighted by molar-refractivity contribution is -0.172. The molecule has 0 saturated carbocycles. The van der Waals surface area contributed by atoms with Crippen LogP contribution in [-0.4, -0.2) is 82.6 Å². The zero-order valence-corrected chi connectivity index (χ0v) is 22.9. The van der Waals surface area contributed by atoms with E-state index in [4.69, 9.17) is 9.26 Å². The van der Waals surface area contributed by atoms with Gasteiger partial charge in [0.2, 0.25) is 0 Å². The Hall–Kier alpha value is -1.61. The average molecular weight is 581 g/mol. The second-order valence-electron chi connectivity index (χ2n) is 6.60. The van der Waals surface area contributed by atoms with E-state index in [2.05, 4.69) is 33.9 Å². The van der Waals surface area contributed by atoms with Crippen LogP contribution in [0.2, 0.25) is 0 Å². The summed E-state index contributed by atoms with van der Waals surface area (Å²) in [7, 11) is -6.05. The van der Waals surface area contributed by atoms with Gasteiger partial charge in [0.1, 0.15) is 25.0 Å². The molecule has 20 heteroatoms. The molecule has 2 N–H and O–H groups in total. The van der Waals surface area contributed by atoms with E-state index < -0.39 is 54.0 Å². The van der Waals surface area contributed by atoms with Gasteiger partial charge >= 0.3 is 29.3 Å².